The average molecular weight is 125 g/mol. The topological polar surface area (TPSA) is 50.4 Å². The Balaban J connectivity index is 2.63. The third-order valence-corrected chi connectivity index (χ3v) is 1.37. The highest BCUT2D eigenvalue weighted by atomic mass is 15.3. The first kappa shape index (κ1) is 6.29. The number of rotatable bonds is 1. The van der Waals surface area contributed by atoms with E-state index < -0.39 is 0 Å². The van der Waals surface area contributed by atoms with E-state index in [1.54, 1.807) is 6.21 Å². The van der Waals surface area contributed by atoms with Crippen LogP contribution in [0.3, 0.4) is 0 Å². The fourth-order valence-electron chi connectivity index (χ4n) is 0.634. The fraction of sp³-hybridized carbons (Fsp3) is 0.500. The van der Waals surface area contributed by atoms with Crippen molar-refractivity contribution in [2.75, 3.05) is 6.54 Å². The molecule has 1 atom stereocenters. The molecule has 1 unspecified atom stereocenters. The molecule has 50 valence electrons. The summed E-state index contributed by atoms with van der Waals surface area (Å²) in [5.74, 6) is 0. The molecule has 1 aliphatic heterocycles. The van der Waals surface area contributed by atoms with Gasteiger partial charge in [-0.05, 0) is 13.0 Å². The predicted octanol–water partition coefficient (Wildman–Crippen LogP) is -0.151. The van der Waals surface area contributed by atoms with Gasteiger partial charge in [0.15, 0.2) is 0 Å². The molecule has 0 radical (unpaired) electrons. The fourth-order valence-corrected chi connectivity index (χ4v) is 0.634. The van der Waals surface area contributed by atoms with E-state index in [1.165, 1.54) is 0 Å². The molecule has 1 heterocycles. The van der Waals surface area contributed by atoms with Crippen molar-refractivity contribution >= 4 is 6.21 Å². The lowest BCUT2D eigenvalue weighted by Crippen LogP contribution is -2.45. The van der Waals surface area contributed by atoms with Crippen molar-refractivity contribution in [3.63, 3.8) is 0 Å². The lowest BCUT2D eigenvalue weighted by Gasteiger charge is -2.24. The minimum Gasteiger partial charge on any atom is -0.328 e. The quantitative estimate of drug-likeness (QED) is 0.512. The van der Waals surface area contributed by atoms with Crippen LogP contribution >= 0.6 is 0 Å². The maximum atomic E-state index is 5.45. The van der Waals surface area contributed by atoms with Gasteiger partial charge in [0.05, 0.1) is 5.54 Å². The van der Waals surface area contributed by atoms with Gasteiger partial charge in [-0.2, -0.15) is 5.10 Å². The van der Waals surface area contributed by atoms with Crippen molar-refractivity contribution in [1.82, 2.24) is 5.43 Å². The van der Waals surface area contributed by atoms with Crippen LogP contribution in [0.25, 0.3) is 0 Å². The molecule has 3 nitrogen and oxygen atoms in total. The minimum absolute atomic E-state index is 0.130. The van der Waals surface area contributed by atoms with Crippen molar-refractivity contribution in [1.29, 1.82) is 0 Å². The number of hydrogen-bond acceptors (Lipinski definition) is 3. The number of allylic oxidation sites excluding steroid dienone is 1. The SMILES string of the molecule is CC1(CN)C=CC=NN1. The monoisotopic (exact) mass is 125 g/mol. The first-order chi connectivity index (χ1) is 4.27. The highest BCUT2D eigenvalue weighted by Gasteiger charge is 2.17. The van der Waals surface area contributed by atoms with Crippen molar-refractivity contribution in [3.8, 4) is 0 Å². The second kappa shape index (κ2) is 2.19. The summed E-state index contributed by atoms with van der Waals surface area (Å²) in [4.78, 5) is 0. The normalized spacial score (nSPS) is 32.2. The molecule has 1 rings (SSSR count). The van der Waals surface area contributed by atoms with Gasteiger partial charge in [-0.1, -0.05) is 6.08 Å². The molecule has 1 aliphatic rings. The van der Waals surface area contributed by atoms with Crippen LogP contribution in [0.4, 0.5) is 0 Å². The minimum atomic E-state index is -0.130. The highest BCUT2D eigenvalue weighted by Crippen LogP contribution is 2.04. The average Bonchev–Trinajstić information content (AvgIpc) is 1.90. The van der Waals surface area contributed by atoms with Crippen LogP contribution in [0.5, 0.6) is 0 Å². The Kier molecular flexibility index (Phi) is 1.53. The van der Waals surface area contributed by atoms with E-state index in [0.717, 1.165) is 0 Å². The van der Waals surface area contributed by atoms with Crippen LogP contribution in [0.1, 0.15) is 6.92 Å². The van der Waals surface area contributed by atoms with Crippen molar-refractivity contribution in [3.05, 3.63) is 12.2 Å². The Labute approximate surface area is 54.6 Å². The molecule has 3 N–H and O–H groups in total. The molecule has 0 bridgehead atoms. The highest BCUT2D eigenvalue weighted by molar-refractivity contribution is 5.72. The molecule has 3 heteroatoms. The van der Waals surface area contributed by atoms with Crippen molar-refractivity contribution in [2.45, 2.75) is 12.5 Å². The van der Waals surface area contributed by atoms with E-state index in [1.807, 2.05) is 19.1 Å². The van der Waals surface area contributed by atoms with Gasteiger partial charge < -0.3 is 5.73 Å². The number of hydrazone groups is 1. The number of nitrogens with one attached hydrogen (secondary N) is 1. The summed E-state index contributed by atoms with van der Waals surface area (Å²) in [6.45, 7) is 2.57. The molecule has 0 aromatic rings. The maximum absolute atomic E-state index is 5.45. The van der Waals surface area contributed by atoms with Gasteiger partial charge in [0.1, 0.15) is 0 Å². The van der Waals surface area contributed by atoms with Gasteiger partial charge in [0.25, 0.3) is 0 Å². The molecule has 0 fully saturated rings. The van der Waals surface area contributed by atoms with E-state index in [-0.39, 0.29) is 5.54 Å². The van der Waals surface area contributed by atoms with E-state index in [2.05, 4.69) is 10.5 Å². The number of nitrogens with zero attached hydrogens (tertiary/aromatic N) is 1. The Morgan fingerprint density at radius 2 is 2.56 bits per heavy atom. The predicted molar refractivity (Wildman–Crippen MR) is 38.2 cm³/mol. The van der Waals surface area contributed by atoms with Gasteiger partial charge in [-0.3, -0.25) is 5.43 Å². The van der Waals surface area contributed by atoms with Crippen LogP contribution in [0.15, 0.2) is 17.3 Å². The zero-order valence-corrected chi connectivity index (χ0v) is 5.46. The van der Waals surface area contributed by atoms with Gasteiger partial charge in [0, 0.05) is 12.8 Å². The number of nitrogens with two attached hydrogens (primary N) is 1. The summed E-state index contributed by atoms with van der Waals surface area (Å²) in [6.07, 6.45) is 5.60. The van der Waals surface area contributed by atoms with Crippen LogP contribution in [0, 0.1) is 0 Å². The van der Waals surface area contributed by atoms with Crippen LogP contribution in [-0.4, -0.2) is 18.3 Å². The van der Waals surface area contributed by atoms with E-state index in [4.69, 9.17) is 5.73 Å². The summed E-state index contributed by atoms with van der Waals surface area (Å²) in [6, 6.07) is 0. The summed E-state index contributed by atoms with van der Waals surface area (Å²) in [5.41, 5.74) is 8.22. The Hall–Kier alpha value is -0.830. The Bertz CT molecular complexity index is 150. The van der Waals surface area contributed by atoms with E-state index in [0.29, 0.717) is 6.54 Å². The first-order valence-corrected chi connectivity index (χ1v) is 2.95. The first-order valence-electron chi connectivity index (χ1n) is 2.95. The molecule has 0 aromatic carbocycles. The van der Waals surface area contributed by atoms with Crippen LogP contribution < -0.4 is 11.2 Å². The molecular weight excluding hydrogens is 114 g/mol. The molecule has 0 aromatic heterocycles. The molecule has 0 saturated heterocycles. The van der Waals surface area contributed by atoms with Crippen molar-refractivity contribution in [2.24, 2.45) is 10.8 Å². The lowest BCUT2D eigenvalue weighted by molar-refractivity contribution is 0.459. The molecular formula is C6H11N3. The lowest BCUT2D eigenvalue weighted by atomic mass is 10.0. The van der Waals surface area contributed by atoms with Crippen LogP contribution in [-0.2, 0) is 0 Å². The van der Waals surface area contributed by atoms with Gasteiger partial charge in [-0.15, -0.1) is 0 Å². The largest absolute Gasteiger partial charge is 0.328 e. The Morgan fingerprint density at radius 3 is 2.89 bits per heavy atom. The summed E-state index contributed by atoms with van der Waals surface area (Å²) < 4.78 is 0. The Morgan fingerprint density at radius 1 is 1.78 bits per heavy atom. The van der Waals surface area contributed by atoms with Gasteiger partial charge in [-0.25, -0.2) is 0 Å². The van der Waals surface area contributed by atoms with Crippen LogP contribution in [0.2, 0.25) is 0 Å². The molecule has 9 heavy (non-hydrogen) atoms. The van der Waals surface area contributed by atoms with Gasteiger partial charge in [0.2, 0.25) is 0 Å². The smallest absolute Gasteiger partial charge is 0.0825 e. The third-order valence-electron chi connectivity index (χ3n) is 1.37. The third kappa shape index (κ3) is 1.29. The maximum Gasteiger partial charge on any atom is 0.0825 e. The summed E-state index contributed by atoms with van der Waals surface area (Å²) in [7, 11) is 0. The van der Waals surface area contributed by atoms with Gasteiger partial charge >= 0.3 is 0 Å². The second-order valence-electron chi connectivity index (χ2n) is 2.37. The summed E-state index contributed by atoms with van der Waals surface area (Å²) >= 11 is 0. The molecule has 0 spiro atoms. The van der Waals surface area contributed by atoms with Crippen molar-refractivity contribution < 1.29 is 0 Å². The summed E-state index contributed by atoms with van der Waals surface area (Å²) in [5, 5.41) is 3.86. The zero-order valence-electron chi connectivity index (χ0n) is 5.46. The molecule has 0 amide bonds. The second-order valence-corrected chi connectivity index (χ2v) is 2.37. The molecule has 0 aliphatic carbocycles. The zero-order chi connectivity index (χ0) is 6.74. The number of hydrogen-bond donors (Lipinski definition) is 2. The van der Waals surface area contributed by atoms with E-state index in [9.17, 15) is 0 Å². The van der Waals surface area contributed by atoms with E-state index >= 15 is 0 Å². The molecule has 0 saturated carbocycles. The standard InChI is InChI=1S/C6H11N3/c1-6(5-7)3-2-4-8-9-6/h2-4,9H,5,7H2,1H3.